The van der Waals surface area contributed by atoms with E-state index in [9.17, 15) is 9.90 Å². The van der Waals surface area contributed by atoms with Gasteiger partial charge in [0, 0.05) is 39.4 Å². The largest absolute Gasteiger partial charge is 0.491 e. The van der Waals surface area contributed by atoms with Gasteiger partial charge in [-0.2, -0.15) is 0 Å². The molecule has 4 rings (SSSR count). The first-order valence-electron chi connectivity index (χ1n) is 10.8. The summed E-state index contributed by atoms with van der Waals surface area (Å²) in [7, 11) is 3.46. The average Bonchev–Trinajstić information content (AvgIpc) is 3.07. The van der Waals surface area contributed by atoms with E-state index in [1.165, 1.54) is 0 Å². The standard InChI is InChI=1S/C25H28N4O4/c1-28-21-11-8-19(15-22(21)29(2)25(28)31)23(30)17-33-20-9-6-18(7-10-20)16-26-13-14-32-24-5-3-4-12-27-24/h3-12,15,23,26,30H,13-14,16-17H2,1-2H3/t23-/m0/s1. The van der Waals surface area contributed by atoms with Gasteiger partial charge >= 0.3 is 5.69 Å². The van der Waals surface area contributed by atoms with Gasteiger partial charge in [0.15, 0.2) is 0 Å². The minimum absolute atomic E-state index is 0.0943. The quantitative estimate of drug-likeness (QED) is 0.363. The summed E-state index contributed by atoms with van der Waals surface area (Å²) in [6.07, 6.45) is 0.904. The molecule has 0 radical (unpaired) electrons. The summed E-state index contributed by atoms with van der Waals surface area (Å²) in [5, 5.41) is 13.9. The summed E-state index contributed by atoms with van der Waals surface area (Å²) < 4.78 is 14.5. The molecule has 8 heteroatoms. The molecule has 0 saturated carbocycles. The zero-order valence-corrected chi connectivity index (χ0v) is 18.8. The van der Waals surface area contributed by atoms with Crippen LogP contribution in [0.1, 0.15) is 17.2 Å². The molecule has 1 atom stereocenters. The van der Waals surface area contributed by atoms with E-state index in [1.54, 1.807) is 29.4 Å². The highest BCUT2D eigenvalue weighted by Crippen LogP contribution is 2.21. The van der Waals surface area contributed by atoms with E-state index in [-0.39, 0.29) is 12.3 Å². The van der Waals surface area contributed by atoms with Gasteiger partial charge in [0.25, 0.3) is 0 Å². The van der Waals surface area contributed by atoms with Crippen molar-refractivity contribution in [1.82, 2.24) is 19.4 Å². The molecular formula is C25H28N4O4. The molecule has 0 fully saturated rings. The smallest absolute Gasteiger partial charge is 0.328 e. The van der Waals surface area contributed by atoms with E-state index in [0.717, 1.165) is 16.6 Å². The number of nitrogens with zero attached hydrogens (tertiary/aromatic N) is 3. The average molecular weight is 449 g/mol. The Morgan fingerprint density at radius 2 is 1.79 bits per heavy atom. The molecule has 4 aromatic rings. The van der Waals surface area contributed by atoms with Crippen molar-refractivity contribution in [3.05, 3.63) is 88.5 Å². The zero-order chi connectivity index (χ0) is 23.2. The molecule has 33 heavy (non-hydrogen) atoms. The number of pyridine rings is 1. The van der Waals surface area contributed by atoms with Gasteiger partial charge in [-0.1, -0.05) is 24.3 Å². The number of aliphatic hydroxyl groups is 1. The molecule has 2 heterocycles. The molecule has 172 valence electrons. The van der Waals surface area contributed by atoms with Crippen LogP contribution in [0.3, 0.4) is 0 Å². The topological polar surface area (TPSA) is 90.5 Å². The number of benzene rings is 2. The van der Waals surface area contributed by atoms with Crippen molar-refractivity contribution >= 4 is 11.0 Å². The van der Waals surface area contributed by atoms with Crippen molar-refractivity contribution in [2.75, 3.05) is 19.8 Å². The van der Waals surface area contributed by atoms with Gasteiger partial charge in [-0.3, -0.25) is 9.13 Å². The summed E-state index contributed by atoms with van der Waals surface area (Å²) >= 11 is 0. The van der Waals surface area contributed by atoms with Crippen LogP contribution in [0.15, 0.2) is 71.7 Å². The molecule has 8 nitrogen and oxygen atoms in total. The predicted molar refractivity (Wildman–Crippen MR) is 126 cm³/mol. The number of aryl methyl sites for hydroxylation is 2. The van der Waals surface area contributed by atoms with Crippen LogP contribution in [0.2, 0.25) is 0 Å². The molecule has 2 N–H and O–H groups in total. The summed E-state index contributed by atoms with van der Waals surface area (Å²) in [6, 6.07) is 18.8. The van der Waals surface area contributed by atoms with Crippen molar-refractivity contribution in [3.63, 3.8) is 0 Å². The molecule has 2 aromatic heterocycles. The van der Waals surface area contributed by atoms with Crippen LogP contribution in [0, 0.1) is 0 Å². The van der Waals surface area contributed by atoms with E-state index in [1.807, 2.05) is 60.7 Å². The molecule has 0 bridgehead atoms. The monoisotopic (exact) mass is 448 g/mol. The van der Waals surface area contributed by atoms with Crippen LogP contribution < -0.4 is 20.5 Å². The Morgan fingerprint density at radius 3 is 2.55 bits per heavy atom. The molecule has 0 unspecified atom stereocenters. The second-order valence-corrected chi connectivity index (χ2v) is 7.81. The maximum atomic E-state index is 12.1. The lowest BCUT2D eigenvalue weighted by molar-refractivity contribution is 0.108. The Labute approximate surface area is 192 Å². The van der Waals surface area contributed by atoms with E-state index in [4.69, 9.17) is 9.47 Å². The third kappa shape index (κ3) is 5.42. The molecule has 0 amide bonds. The Bertz CT molecular complexity index is 1250. The molecule has 0 saturated heterocycles. The maximum absolute atomic E-state index is 12.1. The summed E-state index contributed by atoms with van der Waals surface area (Å²) in [6.45, 7) is 2.08. The van der Waals surface area contributed by atoms with Crippen molar-refractivity contribution in [1.29, 1.82) is 0 Å². The number of hydrogen-bond acceptors (Lipinski definition) is 6. The number of hydrogen-bond donors (Lipinski definition) is 2. The maximum Gasteiger partial charge on any atom is 0.328 e. The summed E-state index contributed by atoms with van der Waals surface area (Å²) in [5.41, 5.74) is 3.34. The van der Waals surface area contributed by atoms with Crippen molar-refractivity contribution in [2.45, 2.75) is 12.6 Å². The minimum atomic E-state index is -0.801. The summed E-state index contributed by atoms with van der Waals surface area (Å²) in [5.74, 6) is 1.31. The first kappa shape index (κ1) is 22.6. The molecule has 0 spiro atoms. The van der Waals surface area contributed by atoms with Gasteiger partial charge in [-0.25, -0.2) is 9.78 Å². The minimum Gasteiger partial charge on any atom is -0.491 e. The highest BCUT2D eigenvalue weighted by Gasteiger charge is 2.13. The van der Waals surface area contributed by atoms with Crippen LogP contribution in [0.4, 0.5) is 0 Å². The number of imidazole rings is 1. The molecule has 0 aliphatic rings. The highest BCUT2D eigenvalue weighted by atomic mass is 16.5. The number of aromatic nitrogens is 3. The van der Waals surface area contributed by atoms with Crippen LogP contribution >= 0.6 is 0 Å². The van der Waals surface area contributed by atoms with Gasteiger partial charge in [-0.15, -0.1) is 0 Å². The fraction of sp³-hybridized carbons (Fsp3) is 0.280. The Morgan fingerprint density at radius 1 is 1.00 bits per heavy atom. The van der Waals surface area contributed by atoms with Crippen LogP contribution in [0.25, 0.3) is 11.0 Å². The van der Waals surface area contributed by atoms with Crippen molar-refractivity contribution < 1.29 is 14.6 Å². The molecular weight excluding hydrogens is 420 g/mol. The predicted octanol–water partition coefficient (Wildman–Crippen LogP) is 2.55. The second kappa shape index (κ2) is 10.3. The first-order valence-corrected chi connectivity index (χ1v) is 10.8. The fourth-order valence-electron chi connectivity index (χ4n) is 3.60. The highest BCUT2D eigenvalue weighted by molar-refractivity contribution is 5.77. The second-order valence-electron chi connectivity index (χ2n) is 7.81. The van der Waals surface area contributed by atoms with E-state index < -0.39 is 6.10 Å². The SMILES string of the molecule is Cn1c(=O)n(C)c2cc([C@@H](O)COc3ccc(CNCCOc4ccccn4)cc3)ccc21. The van der Waals surface area contributed by atoms with Gasteiger partial charge in [0.2, 0.25) is 5.88 Å². The van der Waals surface area contributed by atoms with E-state index in [2.05, 4.69) is 10.3 Å². The lowest BCUT2D eigenvalue weighted by atomic mass is 10.1. The Balaban J connectivity index is 1.24. The van der Waals surface area contributed by atoms with Crippen molar-refractivity contribution in [3.8, 4) is 11.6 Å². The van der Waals surface area contributed by atoms with Gasteiger partial charge in [0.05, 0.1) is 11.0 Å². The van der Waals surface area contributed by atoms with E-state index in [0.29, 0.717) is 36.9 Å². The molecule has 2 aromatic carbocycles. The Hall–Kier alpha value is -3.62. The normalized spacial score (nSPS) is 12.1. The van der Waals surface area contributed by atoms with E-state index >= 15 is 0 Å². The number of nitrogens with one attached hydrogen (secondary N) is 1. The van der Waals surface area contributed by atoms with Gasteiger partial charge in [-0.05, 0) is 41.5 Å². The number of aliphatic hydroxyl groups excluding tert-OH is 1. The lowest BCUT2D eigenvalue weighted by Gasteiger charge is -2.14. The number of ether oxygens (including phenoxy) is 2. The molecule has 0 aliphatic carbocycles. The number of rotatable bonds is 10. The van der Waals surface area contributed by atoms with Crippen molar-refractivity contribution in [2.24, 2.45) is 14.1 Å². The van der Waals surface area contributed by atoms with Crippen LogP contribution in [-0.2, 0) is 20.6 Å². The van der Waals surface area contributed by atoms with Crippen LogP contribution in [-0.4, -0.2) is 39.0 Å². The third-order valence-corrected chi connectivity index (χ3v) is 5.51. The zero-order valence-electron chi connectivity index (χ0n) is 18.8. The van der Waals surface area contributed by atoms with Gasteiger partial charge in [0.1, 0.15) is 25.1 Å². The lowest BCUT2D eigenvalue weighted by Crippen LogP contribution is -2.20. The van der Waals surface area contributed by atoms with Gasteiger partial charge < -0.3 is 19.9 Å². The Kier molecular flexibility index (Phi) is 7.07. The van der Waals surface area contributed by atoms with Crippen LogP contribution in [0.5, 0.6) is 11.6 Å². The fourth-order valence-corrected chi connectivity index (χ4v) is 3.60. The summed E-state index contributed by atoms with van der Waals surface area (Å²) in [4.78, 5) is 16.2. The first-order chi connectivity index (χ1) is 16.0. The number of fused-ring (bicyclic) bond motifs is 1. The third-order valence-electron chi connectivity index (χ3n) is 5.51. The molecule has 0 aliphatic heterocycles.